The van der Waals surface area contributed by atoms with E-state index in [-0.39, 0.29) is 42.0 Å². The lowest BCUT2D eigenvalue weighted by atomic mass is 10.2. The first kappa shape index (κ1) is 22.5. The Kier molecular flexibility index (Phi) is 9.40. The van der Waals surface area contributed by atoms with E-state index in [1.54, 1.807) is 19.2 Å². The minimum absolute atomic E-state index is 0. The van der Waals surface area contributed by atoms with E-state index < -0.39 is 16.6 Å². The van der Waals surface area contributed by atoms with Gasteiger partial charge in [0.25, 0.3) is 5.69 Å². The lowest BCUT2D eigenvalue weighted by Gasteiger charge is -2.13. The molecule has 0 aliphatic carbocycles. The number of nitro benzene ring substituents is 1. The van der Waals surface area contributed by atoms with Crippen LogP contribution in [0.15, 0.2) is 47.5 Å². The van der Waals surface area contributed by atoms with Crippen molar-refractivity contribution in [2.75, 3.05) is 20.2 Å². The molecule has 0 atom stereocenters. The molecule has 27 heavy (non-hydrogen) atoms. The fraction of sp³-hybridized carbons (Fsp3) is 0.235. The molecule has 0 fully saturated rings. The van der Waals surface area contributed by atoms with Crippen molar-refractivity contribution in [1.29, 1.82) is 0 Å². The molecule has 2 N–H and O–H groups in total. The number of aliphatic imine (C=N–C) groups is 1. The highest BCUT2D eigenvalue weighted by molar-refractivity contribution is 14.0. The van der Waals surface area contributed by atoms with Crippen LogP contribution in [0.4, 0.5) is 14.5 Å². The lowest BCUT2D eigenvalue weighted by molar-refractivity contribution is -0.384. The zero-order valence-electron chi connectivity index (χ0n) is 14.4. The number of nitrogens with zero attached hydrogens (tertiary/aromatic N) is 2. The molecule has 0 saturated heterocycles. The highest BCUT2D eigenvalue weighted by Crippen LogP contribution is 2.17. The molecule has 0 aliphatic rings. The number of guanidine groups is 1. The summed E-state index contributed by atoms with van der Waals surface area (Å²) in [6.45, 7) is 0.806. The maximum absolute atomic E-state index is 13.4. The maximum Gasteiger partial charge on any atom is 0.269 e. The first-order valence-electron chi connectivity index (χ1n) is 7.75. The third kappa shape index (κ3) is 7.33. The molecule has 0 spiro atoms. The van der Waals surface area contributed by atoms with Gasteiger partial charge >= 0.3 is 0 Å². The summed E-state index contributed by atoms with van der Waals surface area (Å²) in [5.41, 5.74) is 0.744. The van der Waals surface area contributed by atoms with E-state index in [0.29, 0.717) is 19.0 Å². The van der Waals surface area contributed by atoms with E-state index in [4.69, 9.17) is 4.74 Å². The van der Waals surface area contributed by atoms with Crippen molar-refractivity contribution in [3.05, 3.63) is 69.8 Å². The Bertz CT molecular complexity index is 805. The summed E-state index contributed by atoms with van der Waals surface area (Å²) in [7, 11) is 1.57. The number of benzene rings is 2. The van der Waals surface area contributed by atoms with Crippen molar-refractivity contribution >= 4 is 35.6 Å². The van der Waals surface area contributed by atoms with Gasteiger partial charge in [-0.15, -0.1) is 24.0 Å². The second-order valence-corrected chi connectivity index (χ2v) is 5.20. The number of halogens is 3. The SMILES string of the molecule is CN=C(NCCOc1ccc(F)cc1F)NCc1cccc([N+](=O)[O-])c1.I. The van der Waals surface area contributed by atoms with E-state index in [1.165, 1.54) is 18.2 Å². The Balaban J connectivity index is 0.00000364. The van der Waals surface area contributed by atoms with Crippen molar-refractivity contribution in [3.8, 4) is 5.75 Å². The van der Waals surface area contributed by atoms with E-state index in [2.05, 4.69) is 15.6 Å². The molecular weight excluding hydrogens is 473 g/mol. The number of hydrogen-bond donors (Lipinski definition) is 2. The molecule has 7 nitrogen and oxygen atoms in total. The van der Waals surface area contributed by atoms with E-state index in [0.717, 1.165) is 17.7 Å². The topological polar surface area (TPSA) is 88.8 Å². The van der Waals surface area contributed by atoms with Crippen molar-refractivity contribution in [1.82, 2.24) is 10.6 Å². The normalized spacial score (nSPS) is 10.7. The summed E-state index contributed by atoms with van der Waals surface area (Å²) < 4.78 is 31.5. The number of non-ortho nitro benzene ring substituents is 1. The third-order valence-corrected chi connectivity index (χ3v) is 3.35. The van der Waals surface area contributed by atoms with Crippen LogP contribution in [0, 0.1) is 21.7 Å². The first-order chi connectivity index (χ1) is 12.5. The molecule has 0 unspecified atom stereocenters. The minimum Gasteiger partial charge on any atom is -0.489 e. The van der Waals surface area contributed by atoms with Crippen molar-refractivity contribution in [3.63, 3.8) is 0 Å². The summed E-state index contributed by atoms with van der Waals surface area (Å²) in [5.74, 6) is -1.01. The Labute approximate surface area is 172 Å². The van der Waals surface area contributed by atoms with Gasteiger partial charge in [-0.1, -0.05) is 12.1 Å². The summed E-state index contributed by atoms with van der Waals surface area (Å²) in [5, 5.41) is 16.7. The molecule has 0 bridgehead atoms. The smallest absolute Gasteiger partial charge is 0.269 e. The van der Waals surface area contributed by atoms with E-state index >= 15 is 0 Å². The molecule has 2 aromatic carbocycles. The minimum atomic E-state index is -0.766. The van der Waals surface area contributed by atoms with Gasteiger partial charge in [-0.25, -0.2) is 8.78 Å². The Morgan fingerprint density at radius 2 is 2.00 bits per heavy atom. The van der Waals surface area contributed by atoms with Gasteiger partial charge in [0.1, 0.15) is 12.4 Å². The number of nitro groups is 1. The second-order valence-electron chi connectivity index (χ2n) is 5.20. The molecule has 2 aromatic rings. The van der Waals surface area contributed by atoms with Gasteiger partial charge in [0.2, 0.25) is 0 Å². The van der Waals surface area contributed by atoms with Crippen LogP contribution in [0.2, 0.25) is 0 Å². The summed E-state index contributed by atoms with van der Waals surface area (Å²) in [6.07, 6.45) is 0. The van der Waals surface area contributed by atoms with Gasteiger partial charge in [0.05, 0.1) is 11.5 Å². The van der Waals surface area contributed by atoms with Gasteiger partial charge in [0.15, 0.2) is 17.5 Å². The quantitative estimate of drug-likeness (QED) is 0.155. The van der Waals surface area contributed by atoms with Gasteiger partial charge in [-0.2, -0.15) is 0 Å². The second kappa shape index (κ2) is 11.3. The lowest BCUT2D eigenvalue weighted by Crippen LogP contribution is -2.38. The van der Waals surface area contributed by atoms with Crippen LogP contribution in [0.25, 0.3) is 0 Å². The third-order valence-electron chi connectivity index (χ3n) is 3.35. The average molecular weight is 492 g/mol. The molecule has 0 aromatic heterocycles. The molecule has 0 aliphatic heterocycles. The van der Waals surface area contributed by atoms with Crippen molar-refractivity contribution in [2.45, 2.75) is 6.54 Å². The average Bonchev–Trinajstić information content (AvgIpc) is 2.62. The summed E-state index contributed by atoms with van der Waals surface area (Å²) in [6, 6.07) is 9.35. The number of ether oxygens (including phenoxy) is 1. The molecule has 2 rings (SSSR count). The van der Waals surface area contributed by atoms with Gasteiger partial charge in [-0.05, 0) is 17.7 Å². The highest BCUT2D eigenvalue weighted by atomic mass is 127. The van der Waals surface area contributed by atoms with Crippen LogP contribution in [-0.4, -0.2) is 31.1 Å². The number of hydrogen-bond acceptors (Lipinski definition) is 4. The van der Waals surface area contributed by atoms with Gasteiger partial charge < -0.3 is 15.4 Å². The van der Waals surface area contributed by atoms with Crippen LogP contribution in [0.1, 0.15) is 5.56 Å². The van der Waals surface area contributed by atoms with Crippen LogP contribution >= 0.6 is 24.0 Å². The number of rotatable bonds is 7. The largest absolute Gasteiger partial charge is 0.489 e. The molecule has 0 saturated carbocycles. The fourth-order valence-corrected chi connectivity index (χ4v) is 2.11. The molecule has 146 valence electrons. The molecule has 0 radical (unpaired) electrons. The molecule has 10 heteroatoms. The van der Waals surface area contributed by atoms with Crippen LogP contribution in [0.3, 0.4) is 0 Å². The molecule has 0 amide bonds. The standard InChI is InChI=1S/C17H18F2N4O3.HI/c1-20-17(22-11-12-3-2-4-14(9-12)23(24)25)21-7-8-26-16-6-5-13(18)10-15(16)19;/h2-6,9-10H,7-8,11H2,1H3,(H2,20,21,22);1H. The fourth-order valence-electron chi connectivity index (χ4n) is 2.11. The zero-order chi connectivity index (χ0) is 18.9. The van der Waals surface area contributed by atoms with Crippen molar-refractivity contribution < 1.29 is 18.4 Å². The van der Waals surface area contributed by atoms with Crippen LogP contribution in [0.5, 0.6) is 5.75 Å². The van der Waals surface area contributed by atoms with E-state index in [9.17, 15) is 18.9 Å². The Morgan fingerprint density at radius 3 is 2.67 bits per heavy atom. The highest BCUT2D eigenvalue weighted by Gasteiger charge is 2.07. The predicted molar refractivity (Wildman–Crippen MR) is 109 cm³/mol. The molecular formula is C17H19F2IN4O3. The van der Waals surface area contributed by atoms with Gasteiger partial charge in [0, 0.05) is 31.8 Å². The summed E-state index contributed by atoms with van der Waals surface area (Å²) >= 11 is 0. The molecule has 0 heterocycles. The zero-order valence-corrected chi connectivity index (χ0v) is 16.8. The maximum atomic E-state index is 13.4. The predicted octanol–water partition coefficient (Wildman–Crippen LogP) is 3.24. The number of nitrogens with one attached hydrogen (secondary N) is 2. The van der Waals surface area contributed by atoms with Crippen LogP contribution in [-0.2, 0) is 6.54 Å². The van der Waals surface area contributed by atoms with Crippen LogP contribution < -0.4 is 15.4 Å². The van der Waals surface area contributed by atoms with E-state index in [1.807, 2.05) is 0 Å². The van der Waals surface area contributed by atoms with Gasteiger partial charge in [-0.3, -0.25) is 15.1 Å². The Hall–Kier alpha value is -2.50. The monoisotopic (exact) mass is 492 g/mol. The summed E-state index contributed by atoms with van der Waals surface area (Å²) in [4.78, 5) is 14.3. The first-order valence-corrected chi connectivity index (χ1v) is 7.75. The van der Waals surface area contributed by atoms with Crippen molar-refractivity contribution in [2.24, 2.45) is 4.99 Å². The Morgan fingerprint density at radius 1 is 1.22 bits per heavy atom.